The van der Waals surface area contributed by atoms with Gasteiger partial charge in [-0.25, -0.2) is 0 Å². The summed E-state index contributed by atoms with van der Waals surface area (Å²) in [4.78, 5) is 2.52. The highest BCUT2D eigenvalue weighted by molar-refractivity contribution is 4.98. The first-order valence-corrected chi connectivity index (χ1v) is 7.23. The summed E-state index contributed by atoms with van der Waals surface area (Å²) in [6.45, 7) is 10.2. The van der Waals surface area contributed by atoms with Crippen molar-refractivity contribution in [1.29, 1.82) is 0 Å². The molecule has 1 aliphatic heterocycles. The summed E-state index contributed by atoms with van der Waals surface area (Å²) in [6.07, 6.45) is 5.66. The first-order chi connectivity index (χ1) is 8.78. The van der Waals surface area contributed by atoms with Gasteiger partial charge in [0.05, 0.1) is 12.8 Å². The van der Waals surface area contributed by atoms with Gasteiger partial charge in [-0.1, -0.05) is 13.8 Å². The highest BCUT2D eigenvalue weighted by Crippen LogP contribution is 2.33. The van der Waals surface area contributed by atoms with E-state index in [9.17, 15) is 0 Å². The average molecular weight is 250 g/mol. The molecule has 1 aliphatic rings. The van der Waals surface area contributed by atoms with Crippen molar-refractivity contribution in [2.24, 2.45) is 5.41 Å². The second kappa shape index (κ2) is 6.39. The Morgan fingerprint density at radius 2 is 2.11 bits per heavy atom. The van der Waals surface area contributed by atoms with Crippen LogP contribution in [0.1, 0.15) is 38.9 Å². The third-order valence-electron chi connectivity index (χ3n) is 4.38. The molecule has 1 saturated heterocycles. The maximum atomic E-state index is 5.47. The van der Waals surface area contributed by atoms with Gasteiger partial charge in [-0.15, -0.1) is 0 Å². The second-order valence-corrected chi connectivity index (χ2v) is 5.49. The molecule has 0 spiro atoms. The van der Waals surface area contributed by atoms with Gasteiger partial charge in [0.15, 0.2) is 0 Å². The van der Waals surface area contributed by atoms with E-state index in [2.05, 4.69) is 30.1 Å². The monoisotopic (exact) mass is 250 g/mol. The van der Waals surface area contributed by atoms with Gasteiger partial charge in [-0.2, -0.15) is 0 Å². The number of nitrogens with one attached hydrogen (secondary N) is 1. The summed E-state index contributed by atoms with van der Waals surface area (Å²) >= 11 is 0. The van der Waals surface area contributed by atoms with Crippen LogP contribution in [0.3, 0.4) is 0 Å². The van der Waals surface area contributed by atoms with E-state index in [4.69, 9.17) is 4.42 Å². The number of hydrogen-bond donors (Lipinski definition) is 1. The lowest BCUT2D eigenvalue weighted by atomic mass is 9.76. The van der Waals surface area contributed by atoms with Crippen molar-refractivity contribution in [1.82, 2.24) is 10.2 Å². The number of furan rings is 1. The van der Waals surface area contributed by atoms with E-state index in [1.807, 2.05) is 6.07 Å². The van der Waals surface area contributed by atoms with Crippen molar-refractivity contribution in [3.05, 3.63) is 24.2 Å². The zero-order valence-corrected chi connectivity index (χ0v) is 11.7. The Hall–Kier alpha value is -0.800. The Morgan fingerprint density at radius 3 is 2.67 bits per heavy atom. The van der Waals surface area contributed by atoms with Gasteiger partial charge in [0.25, 0.3) is 0 Å². The third kappa shape index (κ3) is 3.36. The lowest BCUT2D eigenvalue weighted by Crippen LogP contribution is -2.44. The first kappa shape index (κ1) is 13.6. The molecule has 0 aliphatic carbocycles. The highest BCUT2D eigenvalue weighted by atomic mass is 16.3. The quantitative estimate of drug-likeness (QED) is 0.841. The summed E-state index contributed by atoms with van der Waals surface area (Å²) in [7, 11) is 0. The molecule has 18 heavy (non-hydrogen) atoms. The van der Waals surface area contributed by atoms with Gasteiger partial charge in [0, 0.05) is 6.54 Å². The van der Waals surface area contributed by atoms with E-state index in [-0.39, 0.29) is 0 Å². The summed E-state index contributed by atoms with van der Waals surface area (Å²) in [5.74, 6) is 1.08. The van der Waals surface area contributed by atoms with Gasteiger partial charge in [-0.3, -0.25) is 4.90 Å². The van der Waals surface area contributed by atoms with Gasteiger partial charge in [0.1, 0.15) is 5.76 Å². The molecule has 0 amide bonds. The Bertz CT molecular complexity index is 328. The molecule has 0 unspecified atom stereocenters. The molecule has 1 aromatic heterocycles. The summed E-state index contributed by atoms with van der Waals surface area (Å²) < 4.78 is 5.47. The number of hydrogen-bond acceptors (Lipinski definition) is 3. The van der Waals surface area contributed by atoms with Crippen LogP contribution in [0, 0.1) is 5.41 Å². The molecule has 1 N–H and O–H groups in total. The van der Waals surface area contributed by atoms with Crippen LogP contribution in [0.4, 0.5) is 0 Å². The smallest absolute Gasteiger partial charge is 0.117 e. The van der Waals surface area contributed by atoms with Gasteiger partial charge < -0.3 is 9.73 Å². The molecule has 0 radical (unpaired) electrons. The van der Waals surface area contributed by atoms with Gasteiger partial charge >= 0.3 is 0 Å². The maximum Gasteiger partial charge on any atom is 0.117 e. The minimum absolute atomic E-state index is 0.508. The SMILES string of the molecule is CCN(Cc1ccco1)CC1(CC)CCNCC1. The fraction of sp³-hybridized carbons (Fsp3) is 0.733. The topological polar surface area (TPSA) is 28.4 Å². The normalized spacial score (nSPS) is 19.3. The van der Waals surface area contributed by atoms with Crippen LogP contribution < -0.4 is 5.32 Å². The van der Waals surface area contributed by atoms with Crippen LogP contribution in [-0.4, -0.2) is 31.1 Å². The number of nitrogens with zero attached hydrogens (tertiary/aromatic N) is 1. The minimum atomic E-state index is 0.508. The van der Waals surface area contributed by atoms with E-state index >= 15 is 0 Å². The zero-order chi connectivity index (χ0) is 12.8. The molecule has 0 saturated carbocycles. The second-order valence-electron chi connectivity index (χ2n) is 5.49. The molecule has 0 aromatic carbocycles. The molecule has 1 aromatic rings. The van der Waals surface area contributed by atoms with Crippen molar-refractivity contribution >= 4 is 0 Å². The largest absolute Gasteiger partial charge is 0.468 e. The van der Waals surface area contributed by atoms with E-state index in [0.717, 1.165) is 18.8 Å². The maximum absolute atomic E-state index is 5.47. The minimum Gasteiger partial charge on any atom is -0.468 e. The lowest BCUT2D eigenvalue weighted by molar-refractivity contribution is 0.101. The highest BCUT2D eigenvalue weighted by Gasteiger charge is 2.31. The molecule has 3 nitrogen and oxygen atoms in total. The van der Waals surface area contributed by atoms with Crippen molar-refractivity contribution in [3.8, 4) is 0 Å². The predicted molar refractivity (Wildman–Crippen MR) is 74.5 cm³/mol. The van der Waals surface area contributed by atoms with Crippen molar-refractivity contribution in [2.45, 2.75) is 39.7 Å². The third-order valence-corrected chi connectivity index (χ3v) is 4.38. The van der Waals surface area contributed by atoms with E-state index in [1.165, 1.54) is 38.9 Å². The van der Waals surface area contributed by atoms with Crippen molar-refractivity contribution in [3.63, 3.8) is 0 Å². The molecule has 1 fully saturated rings. The average Bonchev–Trinajstić information content (AvgIpc) is 2.92. The first-order valence-electron chi connectivity index (χ1n) is 7.23. The molecule has 0 bridgehead atoms. The van der Waals surface area contributed by atoms with Gasteiger partial charge in [0.2, 0.25) is 0 Å². The van der Waals surface area contributed by atoms with Crippen molar-refractivity contribution < 1.29 is 4.42 Å². The Morgan fingerprint density at radius 1 is 1.33 bits per heavy atom. The van der Waals surface area contributed by atoms with Crippen LogP contribution >= 0.6 is 0 Å². The van der Waals surface area contributed by atoms with Crippen LogP contribution in [0.15, 0.2) is 22.8 Å². The molecular formula is C15H26N2O. The van der Waals surface area contributed by atoms with E-state index in [1.54, 1.807) is 6.26 Å². The van der Waals surface area contributed by atoms with E-state index in [0.29, 0.717) is 5.41 Å². The van der Waals surface area contributed by atoms with Crippen LogP contribution in [-0.2, 0) is 6.54 Å². The molecule has 0 atom stereocenters. The van der Waals surface area contributed by atoms with Crippen LogP contribution in [0.5, 0.6) is 0 Å². The molecule has 2 rings (SSSR count). The van der Waals surface area contributed by atoms with Gasteiger partial charge in [-0.05, 0) is 56.4 Å². The standard InChI is InChI=1S/C15H26N2O/c1-3-15(7-9-16-10-8-15)13-17(4-2)12-14-6-5-11-18-14/h5-6,11,16H,3-4,7-10,12-13H2,1-2H3. The summed E-state index contributed by atoms with van der Waals surface area (Å²) in [6, 6.07) is 4.05. The molecule has 102 valence electrons. The molecule has 2 heterocycles. The molecular weight excluding hydrogens is 224 g/mol. The number of rotatable bonds is 6. The number of piperidine rings is 1. The van der Waals surface area contributed by atoms with Crippen LogP contribution in [0.2, 0.25) is 0 Å². The molecule has 3 heteroatoms. The Labute approximate surface area is 111 Å². The van der Waals surface area contributed by atoms with Crippen molar-refractivity contribution in [2.75, 3.05) is 26.2 Å². The Balaban J connectivity index is 1.95. The lowest BCUT2D eigenvalue weighted by Gasteiger charge is -2.40. The summed E-state index contributed by atoms with van der Waals surface area (Å²) in [5.41, 5.74) is 0.508. The fourth-order valence-corrected chi connectivity index (χ4v) is 2.96. The van der Waals surface area contributed by atoms with Crippen LogP contribution in [0.25, 0.3) is 0 Å². The predicted octanol–water partition coefficient (Wildman–Crippen LogP) is 2.88. The fourth-order valence-electron chi connectivity index (χ4n) is 2.96. The zero-order valence-electron chi connectivity index (χ0n) is 11.7. The Kier molecular flexibility index (Phi) is 4.84. The van der Waals surface area contributed by atoms with E-state index < -0.39 is 0 Å². The summed E-state index contributed by atoms with van der Waals surface area (Å²) in [5, 5.41) is 3.47.